The molecule has 1 aliphatic carbocycles. The number of Topliss-reactive ketones (excluding diaryl/α,β-unsaturated/α-hetero) is 1. The smallest absolute Gasteiger partial charge is 0.248 e. The first kappa shape index (κ1) is 18.9. The maximum absolute atomic E-state index is 12.7. The number of carbonyl (C=O) groups excluding carboxylic acids is 2. The minimum Gasteiger partial charge on any atom is -0.457 e. The molecule has 3 aromatic carbocycles. The van der Waals surface area contributed by atoms with Crippen molar-refractivity contribution >= 4 is 11.7 Å². The Morgan fingerprint density at radius 2 is 1.72 bits per heavy atom. The molecular formula is C25H23NO3. The molecule has 1 saturated carbocycles. The molecule has 1 aliphatic rings. The molecule has 0 saturated heterocycles. The van der Waals surface area contributed by atoms with E-state index in [2.05, 4.69) is 0 Å². The van der Waals surface area contributed by atoms with Crippen LogP contribution in [-0.2, 0) is 4.79 Å². The van der Waals surface area contributed by atoms with Crippen molar-refractivity contribution in [3.05, 3.63) is 95.1 Å². The number of primary amides is 1. The zero-order valence-corrected chi connectivity index (χ0v) is 16.3. The fourth-order valence-electron chi connectivity index (χ4n) is 4.00. The monoisotopic (exact) mass is 385 g/mol. The molecular weight excluding hydrogens is 362 g/mol. The molecule has 0 spiro atoms. The van der Waals surface area contributed by atoms with Crippen LogP contribution in [0, 0.1) is 6.92 Å². The summed E-state index contributed by atoms with van der Waals surface area (Å²) in [5.74, 6) is 1.24. The molecule has 2 unspecified atom stereocenters. The molecule has 0 radical (unpaired) electrons. The van der Waals surface area contributed by atoms with E-state index in [1.807, 2.05) is 61.5 Å². The Kier molecular flexibility index (Phi) is 5.17. The van der Waals surface area contributed by atoms with Crippen LogP contribution < -0.4 is 10.5 Å². The second-order valence-electron chi connectivity index (χ2n) is 7.59. The van der Waals surface area contributed by atoms with Crippen LogP contribution >= 0.6 is 0 Å². The number of hydrogen-bond donors (Lipinski definition) is 1. The number of carbonyl (C=O) groups is 2. The van der Waals surface area contributed by atoms with Gasteiger partial charge in [-0.2, -0.15) is 0 Å². The first-order chi connectivity index (χ1) is 14.0. The van der Waals surface area contributed by atoms with E-state index in [0.717, 1.165) is 34.6 Å². The van der Waals surface area contributed by atoms with Crippen LogP contribution in [0.25, 0.3) is 0 Å². The van der Waals surface area contributed by atoms with Crippen LogP contribution in [-0.4, -0.2) is 11.7 Å². The van der Waals surface area contributed by atoms with E-state index in [9.17, 15) is 9.59 Å². The lowest BCUT2D eigenvalue weighted by Crippen LogP contribution is -2.12. The first-order valence-electron chi connectivity index (χ1n) is 9.77. The second-order valence-corrected chi connectivity index (χ2v) is 7.59. The topological polar surface area (TPSA) is 69.4 Å². The van der Waals surface area contributed by atoms with Gasteiger partial charge in [0.15, 0.2) is 0 Å². The standard InChI is InChI=1S/C25H23NO3/c1-16-6-2-3-11-24(16)29-21-10-5-7-17(13-21)20-14-22(23(27)15-20)18-8-4-9-19(12-18)25(26)28/h2-13,20,22H,14-15H2,1H3,(H2,26,28). The summed E-state index contributed by atoms with van der Waals surface area (Å²) in [6.07, 6.45) is 1.20. The number of amides is 1. The van der Waals surface area contributed by atoms with Crippen molar-refractivity contribution in [2.24, 2.45) is 5.73 Å². The lowest BCUT2D eigenvalue weighted by Gasteiger charge is -2.14. The highest BCUT2D eigenvalue weighted by molar-refractivity contribution is 5.94. The summed E-state index contributed by atoms with van der Waals surface area (Å²) >= 11 is 0. The Morgan fingerprint density at radius 1 is 0.966 bits per heavy atom. The number of para-hydroxylation sites is 1. The van der Waals surface area contributed by atoms with Crippen LogP contribution in [0.2, 0.25) is 0 Å². The fraction of sp³-hybridized carbons (Fsp3) is 0.200. The van der Waals surface area contributed by atoms with Crippen molar-refractivity contribution < 1.29 is 14.3 Å². The Balaban J connectivity index is 1.54. The molecule has 3 aromatic rings. The minimum atomic E-state index is -0.477. The fourth-order valence-corrected chi connectivity index (χ4v) is 4.00. The third-order valence-corrected chi connectivity index (χ3v) is 5.58. The summed E-state index contributed by atoms with van der Waals surface area (Å²) in [6.45, 7) is 2.01. The van der Waals surface area contributed by atoms with Gasteiger partial charge in [-0.3, -0.25) is 9.59 Å². The summed E-state index contributed by atoms with van der Waals surface area (Å²) in [6, 6.07) is 23.0. The molecule has 0 aromatic heterocycles. The van der Waals surface area contributed by atoms with E-state index in [0.29, 0.717) is 12.0 Å². The van der Waals surface area contributed by atoms with Crippen LogP contribution in [0.4, 0.5) is 0 Å². The minimum absolute atomic E-state index is 0.130. The van der Waals surface area contributed by atoms with E-state index in [1.165, 1.54) is 0 Å². The SMILES string of the molecule is Cc1ccccc1Oc1cccc(C2CC(=O)C(c3cccc(C(N)=O)c3)C2)c1. The largest absolute Gasteiger partial charge is 0.457 e. The molecule has 4 heteroatoms. The molecule has 2 N–H and O–H groups in total. The van der Waals surface area contributed by atoms with Gasteiger partial charge < -0.3 is 10.5 Å². The number of ether oxygens (including phenoxy) is 1. The number of benzene rings is 3. The van der Waals surface area contributed by atoms with Gasteiger partial charge in [-0.15, -0.1) is 0 Å². The Morgan fingerprint density at radius 3 is 2.52 bits per heavy atom. The molecule has 0 heterocycles. The molecule has 4 nitrogen and oxygen atoms in total. The number of hydrogen-bond acceptors (Lipinski definition) is 3. The summed E-state index contributed by atoms with van der Waals surface area (Å²) in [4.78, 5) is 24.2. The third kappa shape index (κ3) is 4.06. The molecule has 29 heavy (non-hydrogen) atoms. The summed E-state index contributed by atoms with van der Waals surface area (Å²) in [5.41, 5.74) is 8.85. The Labute approximate surface area is 170 Å². The van der Waals surface area contributed by atoms with Crippen LogP contribution in [0.1, 0.15) is 51.7 Å². The normalized spacial score (nSPS) is 18.6. The van der Waals surface area contributed by atoms with Crippen molar-refractivity contribution in [1.29, 1.82) is 0 Å². The Hall–Kier alpha value is -3.40. The van der Waals surface area contributed by atoms with Gasteiger partial charge in [0.25, 0.3) is 0 Å². The van der Waals surface area contributed by atoms with E-state index in [4.69, 9.17) is 10.5 Å². The molecule has 146 valence electrons. The lowest BCUT2D eigenvalue weighted by molar-refractivity contribution is -0.118. The first-order valence-corrected chi connectivity index (χ1v) is 9.77. The highest BCUT2D eigenvalue weighted by Gasteiger charge is 2.34. The predicted molar refractivity (Wildman–Crippen MR) is 112 cm³/mol. The molecule has 1 amide bonds. The van der Waals surface area contributed by atoms with Crippen LogP contribution in [0.15, 0.2) is 72.8 Å². The zero-order chi connectivity index (χ0) is 20.4. The number of rotatable bonds is 5. The van der Waals surface area contributed by atoms with Gasteiger partial charge in [0, 0.05) is 17.9 Å². The number of ketones is 1. The quantitative estimate of drug-likeness (QED) is 0.663. The van der Waals surface area contributed by atoms with Gasteiger partial charge in [-0.1, -0.05) is 42.5 Å². The van der Waals surface area contributed by atoms with Gasteiger partial charge in [-0.25, -0.2) is 0 Å². The third-order valence-electron chi connectivity index (χ3n) is 5.58. The van der Waals surface area contributed by atoms with Crippen molar-refractivity contribution in [1.82, 2.24) is 0 Å². The van der Waals surface area contributed by atoms with Gasteiger partial charge in [-0.05, 0) is 66.3 Å². The molecule has 2 atom stereocenters. The predicted octanol–water partition coefficient (Wildman–Crippen LogP) is 5.12. The molecule has 0 aliphatic heterocycles. The van der Waals surface area contributed by atoms with Crippen molar-refractivity contribution in [3.63, 3.8) is 0 Å². The maximum atomic E-state index is 12.7. The highest BCUT2D eigenvalue weighted by atomic mass is 16.5. The number of aryl methyl sites for hydroxylation is 1. The van der Waals surface area contributed by atoms with Crippen molar-refractivity contribution in [2.45, 2.75) is 31.6 Å². The second kappa shape index (κ2) is 7.92. The Bertz CT molecular complexity index is 1070. The summed E-state index contributed by atoms with van der Waals surface area (Å²) < 4.78 is 6.05. The maximum Gasteiger partial charge on any atom is 0.248 e. The zero-order valence-electron chi connectivity index (χ0n) is 16.3. The van der Waals surface area contributed by atoms with Gasteiger partial charge in [0.05, 0.1) is 0 Å². The highest BCUT2D eigenvalue weighted by Crippen LogP contribution is 2.42. The average Bonchev–Trinajstić information content (AvgIpc) is 3.12. The van der Waals surface area contributed by atoms with E-state index < -0.39 is 5.91 Å². The molecule has 0 bridgehead atoms. The summed E-state index contributed by atoms with van der Waals surface area (Å²) in [7, 11) is 0. The van der Waals surface area contributed by atoms with E-state index in [-0.39, 0.29) is 17.6 Å². The summed E-state index contributed by atoms with van der Waals surface area (Å²) in [5, 5.41) is 0. The lowest BCUT2D eigenvalue weighted by atomic mass is 9.92. The van der Waals surface area contributed by atoms with E-state index >= 15 is 0 Å². The van der Waals surface area contributed by atoms with Crippen LogP contribution in [0.3, 0.4) is 0 Å². The molecule has 4 rings (SSSR count). The van der Waals surface area contributed by atoms with Crippen molar-refractivity contribution in [3.8, 4) is 11.5 Å². The van der Waals surface area contributed by atoms with Gasteiger partial charge >= 0.3 is 0 Å². The van der Waals surface area contributed by atoms with Gasteiger partial charge in [0.1, 0.15) is 17.3 Å². The molecule has 1 fully saturated rings. The van der Waals surface area contributed by atoms with Crippen molar-refractivity contribution in [2.75, 3.05) is 0 Å². The average molecular weight is 385 g/mol. The van der Waals surface area contributed by atoms with Crippen LogP contribution in [0.5, 0.6) is 11.5 Å². The number of nitrogens with two attached hydrogens (primary N) is 1. The van der Waals surface area contributed by atoms with E-state index in [1.54, 1.807) is 18.2 Å². The van der Waals surface area contributed by atoms with Gasteiger partial charge in [0.2, 0.25) is 5.91 Å².